The summed E-state index contributed by atoms with van der Waals surface area (Å²) in [7, 11) is -3.56. The van der Waals surface area contributed by atoms with Crippen LogP contribution in [0.1, 0.15) is 32.8 Å². The molecular formula is C26H35N3O4S. The molecule has 34 heavy (non-hydrogen) atoms. The molecule has 0 amide bonds. The van der Waals surface area contributed by atoms with Crippen molar-refractivity contribution in [2.24, 2.45) is 5.41 Å². The molecule has 7 nitrogen and oxygen atoms in total. The number of nitrogens with one attached hydrogen (secondary N) is 1. The van der Waals surface area contributed by atoms with Gasteiger partial charge in [0.15, 0.2) is 0 Å². The molecule has 0 aromatic heterocycles. The van der Waals surface area contributed by atoms with E-state index < -0.39 is 21.5 Å². The van der Waals surface area contributed by atoms with Gasteiger partial charge in [0.1, 0.15) is 5.75 Å². The Kier molecular flexibility index (Phi) is 8.97. The summed E-state index contributed by atoms with van der Waals surface area (Å²) in [5, 5.41) is 9.79. The van der Waals surface area contributed by atoms with Gasteiger partial charge in [-0.15, -0.1) is 0 Å². The summed E-state index contributed by atoms with van der Waals surface area (Å²) in [4.78, 5) is 2.17. The smallest absolute Gasteiger partial charge is 0.215 e. The quantitative estimate of drug-likeness (QED) is 0.419. The molecule has 2 aromatic carbocycles. The lowest BCUT2D eigenvalue weighted by atomic mass is 9.82. The van der Waals surface area contributed by atoms with E-state index in [1.807, 2.05) is 75.4 Å². The van der Waals surface area contributed by atoms with Gasteiger partial charge < -0.3 is 14.8 Å². The Morgan fingerprint density at radius 2 is 1.71 bits per heavy atom. The molecule has 1 aliphatic heterocycles. The van der Waals surface area contributed by atoms with Crippen LogP contribution in [0.4, 0.5) is 5.69 Å². The fraction of sp³-hybridized carbons (Fsp3) is 0.462. The molecule has 0 radical (unpaired) electrons. The lowest BCUT2D eigenvalue weighted by molar-refractivity contribution is 0.0765. The van der Waals surface area contributed by atoms with Crippen molar-refractivity contribution in [2.75, 3.05) is 43.4 Å². The van der Waals surface area contributed by atoms with Crippen molar-refractivity contribution in [3.05, 3.63) is 60.2 Å². The van der Waals surface area contributed by atoms with E-state index in [0.29, 0.717) is 39.2 Å². The summed E-state index contributed by atoms with van der Waals surface area (Å²) in [5.74, 6) is 6.87. The molecule has 184 valence electrons. The topological polar surface area (TPSA) is 82.1 Å². The van der Waals surface area contributed by atoms with Crippen molar-refractivity contribution in [1.82, 2.24) is 9.79 Å². The van der Waals surface area contributed by atoms with Crippen LogP contribution < -0.4 is 15.1 Å². The first-order valence-corrected chi connectivity index (χ1v) is 13.3. The highest BCUT2D eigenvalue weighted by Crippen LogP contribution is 2.27. The van der Waals surface area contributed by atoms with Crippen molar-refractivity contribution >= 4 is 15.7 Å². The molecule has 1 aliphatic rings. The SMILES string of the molecule is CCOc1ccc(N2CCN(S(=O)(=O)CC(NO)C(C)(C)CC#Cc3ccccc3)CC2)cc1. The van der Waals surface area contributed by atoms with Crippen LogP contribution in [0.2, 0.25) is 0 Å². The zero-order chi connectivity index (χ0) is 24.6. The van der Waals surface area contributed by atoms with Crippen molar-refractivity contribution in [1.29, 1.82) is 0 Å². The number of nitrogens with zero attached hydrogens (tertiary/aromatic N) is 2. The van der Waals surface area contributed by atoms with E-state index >= 15 is 0 Å². The number of hydrogen-bond donors (Lipinski definition) is 2. The largest absolute Gasteiger partial charge is 0.494 e. The van der Waals surface area contributed by atoms with Gasteiger partial charge in [-0.3, -0.25) is 0 Å². The summed E-state index contributed by atoms with van der Waals surface area (Å²) in [6.07, 6.45) is 0.446. The maximum atomic E-state index is 13.2. The van der Waals surface area contributed by atoms with Gasteiger partial charge in [-0.25, -0.2) is 13.9 Å². The first-order chi connectivity index (χ1) is 16.2. The predicted octanol–water partition coefficient (Wildman–Crippen LogP) is 3.35. The van der Waals surface area contributed by atoms with Crippen LogP contribution >= 0.6 is 0 Å². The van der Waals surface area contributed by atoms with Gasteiger partial charge in [0, 0.05) is 43.9 Å². The minimum Gasteiger partial charge on any atom is -0.494 e. The maximum absolute atomic E-state index is 13.2. The lowest BCUT2D eigenvalue weighted by Crippen LogP contribution is -2.53. The second-order valence-electron chi connectivity index (χ2n) is 9.11. The van der Waals surface area contributed by atoms with Crippen LogP contribution in [0.15, 0.2) is 54.6 Å². The third-order valence-electron chi connectivity index (χ3n) is 6.17. The molecule has 2 aromatic rings. The Labute approximate surface area is 203 Å². The van der Waals surface area contributed by atoms with Crippen LogP contribution in [0.5, 0.6) is 5.75 Å². The van der Waals surface area contributed by atoms with Crippen molar-refractivity contribution in [2.45, 2.75) is 33.2 Å². The van der Waals surface area contributed by atoms with Gasteiger partial charge in [-0.05, 0) is 48.7 Å². The summed E-state index contributed by atoms with van der Waals surface area (Å²) < 4.78 is 33.3. The highest BCUT2D eigenvalue weighted by Gasteiger charge is 2.36. The number of sulfonamides is 1. The van der Waals surface area contributed by atoms with Gasteiger partial charge >= 0.3 is 0 Å². The molecular weight excluding hydrogens is 450 g/mol. The van der Waals surface area contributed by atoms with Gasteiger partial charge in [0.05, 0.1) is 18.4 Å². The number of piperazine rings is 1. The first kappa shape index (κ1) is 26.0. The summed E-state index contributed by atoms with van der Waals surface area (Å²) in [5.41, 5.74) is 3.65. The minimum atomic E-state index is -3.56. The monoisotopic (exact) mass is 485 g/mol. The Balaban J connectivity index is 1.58. The zero-order valence-corrected chi connectivity index (χ0v) is 21.0. The van der Waals surface area contributed by atoms with Crippen molar-refractivity contribution < 1.29 is 18.4 Å². The van der Waals surface area contributed by atoms with Crippen LogP contribution in [0, 0.1) is 17.3 Å². The second-order valence-corrected chi connectivity index (χ2v) is 11.1. The highest BCUT2D eigenvalue weighted by molar-refractivity contribution is 7.89. The second kappa shape index (κ2) is 11.7. The molecule has 1 fully saturated rings. The van der Waals surface area contributed by atoms with Gasteiger partial charge in [-0.2, -0.15) is 4.31 Å². The van der Waals surface area contributed by atoms with E-state index in [2.05, 4.69) is 22.2 Å². The number of anilines is 1. The molecule has 0 bridgehead atoms. The molecule has 0 saturated carbocycles. The highest BCUT2D eigenvalue weighted by atomic mass is 32.2. The molecule has 1 heterocycles. The van der Waals surface area contributed by atoms with Crippen LogP contribution in [0.3, 0.4) is 0 Å². The third kappa shape index (κ3) is 6.97. The summed E-state index contributed by atoms with van der Waals surface area (Å²) in [6.45, 7) is 8.43. The maximum Gasteiger partial charge on any atom is 0.215 e. The summed E-state index contributed by atoms with van der Waals surface area (Å²) in [6, 6.07) is 16.9. The number of hydrogen-bond acceptors (Lipinski definition) is 6. The molecule has 1 unspecified atom stereocenters. The number of ether oxygens (including phenoxy) is 1. The Hall–Kier alpha value is -2.57. The first-order valence-electron chi connectivity index (χ1n) is 11.6. The molecule has 1 saturated heterocycles. The van der Waals surface area contributed by atoms with Crippen LogP contribution in [-0.2, 0) is 10.0 Å². The standard InChI is InChI=1S/C26H35N3O4S/c1-4-33-24-14-12-23(13-15-24)28-17-19-29(20-18-28)34(31,32)21-25(27-30)26(2,3)16-8-11-22-9-6-5-7-10-22/h5-7,9-10,12-15,25,27,30H,4,16-21H2,1-3H3. The molecule has 1 atom stereocenters. The van der Waals surface area contributed by atoms with E-state index in [9.17, 15) is 13.6 Å². The van der Waals surface area contributed by atoms with E-state index in [1.54, 1.807) is 0 Å². The van der Waals surface area contributed by atoms with Crippen LogP contribution in [0.25, 0.3) is 0 Å². The third-order valence-corrected chi connectivity index (χ3v) is 8.08. The summed E-state index contributed by atoms with van der Waals surface area (Å²) >= 11 is 0. The minimum absolute atomic E-state index is 0.188. The van der Waals surface area contributed by atoms with Crippen molar-refractivity contribution in [3.8, 4) is 17.6 Å². The molecule has 2 N–H and O–H groups in total. The number of benzene rings is 2. The Bertz CT molecular complexity index is 1070. The van der Waals surface area contributed by atoms with Gasteiger partial charge in [0.25, 0.3) is 0 Å². The van der Waals surface area contributed by atoms with Gasteiger partial charge in [0.2, 0.25) is 10.0 Å². The average Bonchev–Trinajstić information content (AvgIpc) is 2.84. The molecule has 3 rings (SSSR count). The fourth-order valence-corrected chi connectivity index (χ4v) is 5.79. The normalized spacial score (nSPS) is 15.9. The van der Waals surface area contributed by atoms with Crippen molar-refractivity contribution in [3.63, 3.8) is 0 Å². The van der Waals surface area contributed by atoms with E-state index in [4.69, 9.17) is 4.74 Å². The number of hydroxylamine groups is 1. The molecule has 0 aliphatic carbocycles. The molecule has 8 heteroatoms. The average molecular weight is 486 g/mol. The van der Waals surface area contributed by atoms with Gasteiger partial charge in [-0.1, -0.05) is 43.9 Å². The predicted molar refractivity (Wildman–Crippen MR) is 136 cm³/mol. The van der Waals surface area contributed by atoms with Crippen LogP contribution in [-0.4, -0.2) is 62.5 Å². The fourth-order valence-electron chi connectivity index (χ4n) is 3.92. The van der Waals surface area contributed by atoms with E-state index in [-0.39, 0.29) is 5.75 Å². The Morgan fingerprint density at radius 3 is 2.29 bits per heavy atom. The Morgan fingerprint density at radius 1 is 1.06 bits per heavy atom. The lowest BCUT2D eigenvalue weighted by Gasteiger charge is -2.37. The number of rotatable bonds is 9. The molecule has 0 spiro atoms. The van der Waals surface area contributed by atoms with E-state index in [0.717, 1.165) is 17.0 Å². The van der Waals surface area contributed by atoms with E-state index in [1.165, 1.54) is 4.31 Å². The zero-order valence-electron chi connectivity index (χ0n) is 20.2.